The summed E-state index contributed by atoms with van der Waals surface area (Å²) < 4.78 is 91.9. The predicted molar refractivity (Wildman–Crippen MR) is 219 cm³/mol. The van der Waals surface area contributed by atoms with E-state index in [2.05, 4.69) is 10.0 Å². The van der Waals surface area contributed by atoms with Crippen molar-refractivity contribution in [3.63, 3.8) is 0 Å². The molecule has 3 rings (SSSR count). The fourth-order valence-electron chi connectivity index (χ4n) is 7.27. The van der Waals surface area contributed by atoms with Crippen LogP contribution in [-0.2, 0) is 124 Å². The van der Waals surface area contributed by atoms with Crippen molar-refractivity contribution >= 4 is 59.7 Å². The minimum absolute atomic E-state index is 0.0234. The van der Waals surface area contributed by atoms with Gasteiger partial charge in [0.15, 0.2) is 61.6 Å². The fourth-order valence-corrected chi connectivity index (χ4v) is 7.27. The van der Waals surface area contributed by atoms with Crippen LogP contribution in [0.25, 0.3) is 10.4 Å². The largest absolute Gasteiger partial charge is 0.463 e. The maximum Gasteiger partial charge on any atom is 0.303 e. The second-order valence-corrected chi connectivity index (χ2v) is 15.4. The molecule has 15 atom stereocenters. The van der Waals surface area contributed by atoms with Gasteiger partial charge in [-0.1, -0.05) is 5.11 Å². The zero-order chi connectivity index (χ0) is 52.4. The topological polar surface area (TPSA) is 367 Å². The summed E-state index contributed by atoms with van der Waals surface area (Å²) in [4.78, 5) is 128. The summed E-state index contributed by atoms with van der Waals surface area (Å²) in [7, 11) is 0. The monoisotopic (exact) mass is 1010 g/mol. The first kappa shape index (κ1) is 58.1. The van der Waals surface area contributed by atoms with Crippen LogP contribution >= 0.6 is 0 Å². The number of hydrogen-bond donors (Lipinski definition) is 0. The van der Waals surface area contributed by atoms with Crippen LogP contribution in [0, 0.1) is 0 Å². The molecule has 0 N–H and O–H groups in total. The highest BCUT2D eigenvalue weighted by Gasteiger charge is 2.60. The van der Waals surface area contributed by atoms with E-state index in [0.717, 1.165) is 69.2 Å². The van der Waals surface area contributed by atoms with E-state index < -0.39 is 172 Å². The first-order chi connectivity index (χ1) is 32.9. The Morgan fingerprint density at radius 1 is 0.400 bits per heavy atom. The third-order valence-corrected chi connectivity index (χ3v) is 9.57. The van der Waals surface area contributed by atoms with Crippen molar-refractivity contribution in [3.05, 3.63) is 10.4 Å². The van der Waals surface area contributed by atoms with E-state index in [-0.39, 0.29) is 19.6 Å². The number of esters is 10. The lowest BCUT2D eigenvalue weighted by Gasteiger charge is -2.50. The average Bonchev–Trinajstić information content (AvgIpc) is 3.23. The fraction of sp³-hybridized carbons (Fsp3) is 0.756. The van der Waals surface area contributed by atoms with E-state index in [1.165, 1.54) is 0 Å². The van der Waals surface area contributed by atoms with Crippen molar-refractivity contribution in [2.75, 3.05) is 33.0 Å². The lowest BCUT2D eigenvalue weighted by atomic mass is 9.95. The zero-order valence-electron chi connectivity index (χ0n) is 39.9. The van der Waals surface area contributed by atoms with Gasteiger partial charge in [0.25, 0.3) is 0 Å². The third-order valence-electron chi connectivity index (χ3n) is 9.57. The molecular weight excluding hydrogens is 950 g/mol. The molecule has 29 heteroatoms. The van der Waals surface area contributed by atoms with Crippen LogP contribution < -0.4 is 0 Å². The molecule has 29 nitrogen and oxygen atoms in total. The van der Waals surface area contributed by atoms with Crippen molar-refractivity contribution < 1.29 is 124 Å². The van der Waals surface area contributed by atoms with Crippen LogP contribution in [0.4, 0.5) is 0 Å². The van der Waals surface area contributed by atoms with E-state index in [4.69, 9.17) is 81.3 Å². The predicted octanol–water partition coefficient (Wildman–Crippen LogP) is -0.140. The molecule has 3 unspecified atom stereocenters. The molecule has 0 bridgehead atoms. The van der Waals surface area contributed by atoms with Gasteiger partial charge in [-0.05, 0) is 12.0 Å². The smallest absolute Gasteiger partial charge is 0.303 e. The lowest BCUT2D eigenvalue weighted by molar-refractivity contribution is -0.380. The van der Waals surface area contributed by atoms with Crippen LogP contribution in [0.15, 0.2) is 5.11 Å². The number of carbonyl (C=O) groups is 10. The minimum Gasteiger partial charge on any atom is -0.463 e. The first-order valence-electron chi connectivity index (χ1n) is 21.4. The van der Waals surface area contributed by atoms with E-state index in [9.17, 15) is 47.9 Å². The molecule has 0 spiro atoms. The SMILES string of the molecule is CC(=O)OC[C@H]1OC(O[C@H]2[C@@H](OC(C)=O)[C@@H](OC(C)=O)C(O[C@H]3[C@@H](OC(C)=O)[C@@H](OC(C)=O)C(OCCCN=[N+]=[N-])O[C@@H]3COC(C)=O)O[C@@H]2COC(C)=O)[C@H](OC(C)=O)[C@H](OC(C)=O)[C@@H]1OC(C)=O. The van der Waals surface area contributed by atoms with Crippen molar-refractivity contribution in [1.29, 1.82) is 0 Å². The summed E-state index contributed by atoms with van der Waals surface area (Å²) >= 11 is 0. The standard InChI is InChI=1S/C41H57N3O26/c1-17(45)56-14-27-30(59-20(4)48)33(60-21(5)49)37(64-25(9)53)40(67-27)70-32-29(16-58-19(3)47)68-41(38(65-26(10)54)35(32)62-23(7)51)69-31-28(15-57-18(2)46)66-39(55-13-11-12-43-44-42)36(63-24(8)52)34(31)61-22(6)50/h27-41H,11-16H2,1-10H3/t27-,28-,29-,30-,31-,32-,33-,34-,35-,36-,37-,38-,39?,40?,41?/m1/s1. The van der Waals surface area contributed by atoms with Gasteiger partial charge in [-0.25, -0.2) is 0 Å². The molecule has 0 aromatic carbocycles. The van der Waals surface area contributed by atoms with Gasteiger partial charge in [0.1, 0.15) is 50.3 Å². The first-order valence-corrected chi connectivity index (χ1v) is 21.4. The summed E-state index contributed by atoms with van der Waals surface area (Å²) in [6.45, 7) is 7.59. The molecule has 3 heterocycles. The quantitative estimate of drug-likeness (QED) is 0.0340. The lowest BCUT2D eigenvalue weighted by Crippen LogP contribution is -2.69. The average molecular weight is 1010 g/mol. The molecular formula is C41H57N3O26. The Hall–Kier alpha value is -6.23. The Kier molecular flexibility index (Phi) is 23.1. The second-order valence-electron chi connectivity index (χ2n) is 15.4. The number of hydrogen-bond acceptors (Lipinski definition) is 27. The number of rotatable bonds is 22. The summed E-state index contributed by atoms with van der Waals surface area (Å²) in [5, 5.41) is 3.43. The Morgan fingerprint density at radius 2 is 0.686 bits per heavy atom. The van der Waals surface area contributed by atoms with Gasteiger partial charge in [0.05, 0.1) is 6.61 Å². The van der Waals surface area contributed by atoms with Gasteiger partial charge in [-0.2, -0.15) is 0 Å². The maximum absolute atomic E-state index is 13.0. The third kappa shape index (κ3) is 18.3. The Balaban J connectivity index is 2.29. The number of nitrogens with zero attached hydrogens (tertiary/aromatic N) is 3. The van der Waals surface area contributed by atoms with Crippen molar-refractivity contribution in [3.8, 4) is 0 Å². The Labute approximate surface area is 399 Å². The van der Waals surface area contributed by atoms with E-state index in [1.54, 1.807) is 0 Å². The van der Waals surface area contributed by atoms with E-state index >= 15 is 0 Å². The Bertz CT molecular complexity index is 1940. The number of carbonyl (C=O) groups excluding carboxylic acids is 10. The van der Waals surface area contributed by atoms with Gasteiger partial charge in [0, 0.05) is 80.7 Å². The molecule has 0 aromatic heterocycles. The summed E-state index contributed by atoms with van der Waals surface area (Å²) in [5.41, 5.74) is 8.69. The van der Waals surface area contributed by atoms with Crippen LogP contribution in [0.3, 0.4) is 0 Å². The summed E-state index contributed by atoms with van der Waals surface area (Å²) in [5.74, 6) is -9.55. The van der Waals surface area contributed by atoms with Gasteiger partial charge in [-0.15, -0.1) is 0 Å². The van der Waals surface area contributed by atoms with Gasteiger partial charge in [-0.3, -0.25) is 47.9 Å². The van der Waals surface area contributed by atoms with E-state index in [1.807, 2.05) is 0 Å². The van der Waals surface area contributed by atoms with Crippen molar-refractivity contribution in [2.24, 2.45) is 5.11 Å². The number of azide groups is 1. The Morgan fingerprint density at radius 3 is 1.01 bits per heavy atom. The summed E-state index contributed by atoms with van der Waals surface area (Å²) in [6.07, 6.45) is -26.5. The molecule has 0 aliphatic carbocycles. The normalized spacial score (nSPS) is 30.3. The molecule has 0 amide bonds. The van der Waals surface area contributed by atoms with E-state index in [0.29, 0.717) is 0 Å². The summed E-state index contributed by atoms with van der Waals surface area (Å²) in [6, 6.07) is 0. The molecule has 0 saturated carbocycles. The number of ether oxygens (including phenoxy) is 16. The van der Waals surface area contributed by atoms with Crippen molar-refractivity contribution in [2.45, 2.75) is 168 Å². The van der Waals surface area contributed by atoms with Crippen LogP contribution in [0.5, 0.6) is 0 Å². The molecule has 392 valence electrons. The van der Waals surface area contributed by atoms with Crippen LogP contribution in [0.1, 0.15) is 75.7 Å². The highest BCUT2D eigenvalue weighted by molar-refractivity contribution is 5.70. The molecule has 70 heavy (non-hydrogen) atoms. The zero-order valence-corrected chi connectivity index (χ0v) is 39.9. The highest BCUT2D eigenvalue weighted by Crippen LogP contribution is 2.38. The maximum atomic E-state index is 13.0. The molecule has 0 aromatic rings. The molecule has 3 fully saturated rings. The molecule has 0 radical (unpaired) electrons. The highest BCUT2D eigenvalue weighted by atomic mass is 16.8. The molecule has 3 aliphatic heterocycles. The van der Waals surface area contributed by atoms with Gasteiger partial charge >= 0.3 is 59.7 Å². The molecule has 3 saturated heterocycles. The minimum atomic E-state index is -2.03. The van der Waals surface area contributed by atoms with Gasteiger partial charge < -0.3 is 75.8 Å². The van der Waals surface area contributed by atoms with Gasteiger partial charge in [0.2, 0.25) is 0 Å². The molecule has 3 aliphatic rings. The van der Waals surface area contributed by atoms with Crippen molar-refractivity contribution in [1.82, 2.24) is 0 Å². The second kappa shape index (κ2) is 27.8. The van der Waals surface area contributed by atoms with Crippen LogP contribution in [0.2, 0.25) is 0 Å². The van der Waals surface area contributed by atoms with Crippen LogP contribution in [-0.4, -0.2) is 185 Å².